The number of piperidine rings is 1. The van der Waals surface area contributed by atoms with Gasteiger partial charge in [-0.25, -0.2) is 0 Å². The highest BCUT2D eigenvalue weighted by atomic mass is 16.3. The van der Waals surface area contributed by atoms with Crippen molar-refractivity contribution in [3.8, 4) is 0 Å². The van der Waals surface area contributed by atoms with E-state index in [0.29, 0.717) is 26.1 Å². The number of rotatable bonds is 8. The van der Waals surface area contributed by atoms with Gasteiger partial charge >= 0.3 is 0 Å². The lowest BCUT2D eigenvalue weighted by Gasteiger charge is -2.40. The Bertz CT molecular complexity index is 517. The smallest absolute Gasteiger partial charge is 0.255 e. The molecule has 1 saturated heterocycles. The molecule has 0 radical (unpaired) electrons. The van der Waals surface area contributed by atoms with E-state index in [1.807, 2.05) is 35.0 Å². The fraction of sp³-hybridized carbons (Fsp3) is 0.526. The summed E-state index contributed by atoms with van der Waals surface area (Å²) < 4.78 is 0. The number of aliphatic hydroxyl groups is 1. The van der Waals surface area contributed by atoms with Gasteiger partial charge in [-0.2, -0.15) is 0 Å². The Labute approximate surface area is 139 Å². The summed E-state index contributed by atoms with van der Waals surface area (Å²) in [5.41, 5.74) is 0.0425. The number of hydrogen-bond donors (Lipinski definition) is 1. The van der Waals surface area contributed by atoms with Crippen LogP contribution in [0.4, 0.5) is 0 Å². The summed E-state index contributed by atoms with van der Waals surface area (Å²) in [4.78, 5) is 16.4. The molecule has 0 aliphatic carbocycles. The first kappa shape index (κ1) is 17.7. The molecule has 4 heteroatoms. The maximum absolute atomic E-state index is 12.7. The first-order valence-electron chi connectivity index (χ1n) is 8.40. The van der Waals surface area contributed by atoms with Crippen LogP contribution >= 0.6 is 0 Å². The molecular weight excluding hydrogens is 288 g/mol. The van der Waals surface area contributed by atoms with Gasteiger partial charge in [0.2, 0.25) is 0 Å². The first-order chi connectivity index (χ1) is 11.0. The van der Waals surface area contributed by atoms with Crippen LogP contribution in [-0.4, -0.2) is 59.6 Å². The van der Waals surface area contributed by atoms with Crippen molar-refractivity contribution in [2.45, 2.75) is 31.3 Å². The first-order valence-corrected chi connectivity index (χ1v) is 8.40. The number of carbonyl (C=O) groups excluding carboxylic acids is 1. The minimum Gasteiger partial charge on any atom is -0.379 e. The van der Waals surface area contributed by atoms with Crippen molar-refractivity contribution in [3.63, 3.8) is 0 Å². The zero-order valence-electron chi connectivity index (χ0n) is 14.1. The quantitative estimate of drug-likeness (QED) is 0.747. The third-order valence-electron chi connectivity index (χ3n) is 4.41. The zero-order chi connectivity index (χ0) is 16.7. The van der Waals surface area contributed by atoms with Crippen molar-refractivity contribution in [3.05, 3.63) is 48.6 Å². The van der Waals surface area contributed by atoms with E-state index in [4.69, 9.17) is 0 Å². The SMILES string of the molecule is C=CCN(C)C[C@@]1(O)CCCN(CCCc2ccccc2)C1=O. The van der Waals surface area contributed by atoms with Crippen LogP contribution in [0.15, 0.2) is 43.0 Å². The lowest BCUT2D eigenvalue weighted by Crippen LogP contribution is -2.58. The van der Waals surface area contributed by atoms with Crippen LogP contribution in [-0.2, 0) is 11.2 Å². The number of carbonyl (C=O) groups is 1. The van der Waals surface area contributed by atoms with Gasteiger partial charge in [-0.3, -0.25) is 9.69 Å². The topological polar surface area (TPSA) is 43.8 Å². The highest BCUT2D eigenvalue weighted by Crippen LogP contribution is 2.24. The fourth-order valence-corrected chi connectivity index (χ4v) is 3.28. The second kappa shape index (κ2) is 8.27. The minimum absolute atomic E-state index is 0.118. The molecule has 1 aromatic carbocycles. The Morgan fingerprint density at radius 3 is 2.83 bits per heavy atom. The van der Waals surface area contributed by atoms with Crippen molar-refractivity contribution in [1.82, 2.24) is 9.80 Å². The molecule has 1 aliphatic heterocycles. The Kier molecular flexibility index (Phi) is 6.37. The maximum Gasteiger partial charge on any atom is 0.255 e. The molecule has 0 bridgehead atoms. The van der Waals surface area contributed by atoms with Crippen molar-refractivity contribution in [1.29, 1.82) is 0 Å². The summed E-state index contributed by atoms with van der Waals surface area (Å²) in [6, 6.07) is 10.3. The fourth-order valence-electron chi connectivity index (χ4n) is 3.28. The van der Waals surface area contributed by atoms with Gasteiger partial charge in [0.15, 0.2) is 5.60 Å². The molecular formula is C19H28N2O2. The van der Waals surface area contributed by atoms with Gasteiger partial charge in [0.1, 0.15) is 0 Å². The lowest BCUT2D eigenvalue weighted by molar-refractivity contribution is -0.159. The van der Waals surface area contributed by atoms with Gasteiger partial charge < -0.3 is 10.0 Å². The van der Waals surface area contributed by atoms with E-state index >= 15 is 0 Å². The molecule has 23 heavy (non-hydrogen) atoms. The Morgan fingerprint density at radius 1 is 1.39 bits per heavy atom. The molecule has 0 aromatic heterocycles. The molecule has 1 aromatic rings. The van der Waals surface area contributed by atoms with Crippen LogP contribution in [0, 0.1) is 0 Å². The number of benzene rings is 1. The third kappa shape index (κ3) is 4.91. The zero-order valence-corrected chi connectivity index (χ0v) is 14.1. The van der Waals surface area contributed by atoms with E-state index in [0.717, 1.165) is 25.8 Å². The number of nitrogens with zero attached hydrogens (tertiary/aromatic N) is 2. The molecule has 1 atom stereocenters. The van der Waals surface area contributed by atoms with Gasteiger partial charge in [-0.15, -0.1) is 6.58 Å². The number of hydrogen-bond acceptors (Lipinski definition) is 3. The van der Waals surface area contributed by atoms with Gasteiger partial charge in [0, 0.05) is 26.2 Å². The number of likely N-dealkylation sites (tertiary alicyclic amines) is 1. The summed E-state index contributed by atoms with van der Waals surface area (Å²) in [7, 11) is 1.90. The molecule has 1 N–H and O–H groups in total. The molecule has 126 valence electrons. The maximum atomic E-state index is 12.7. The van der Waals surface area contributed by atoms with E-state index in [1.54, 1.807) is 6.08 Å². The number of aryl methyl sites for hydroxylation is 1. The van der Waals surface area contributed by atoms with E-state index in [9.17, 15) is 9.90 Å². The standard InChI is InChI=1S/C19H28N2O2/c1-3-13-20(2)16-19(23)12-8-15-21(18(19)22)14-7-11-17-9-5-4-6-10-17/h3-6,9-10,23H,1,7-8,11-16H2,2H3/t19-/m0/s1. The molecule has 1 heterocycles. The average Bonchev–Trinajstić information content (AvgIpc) is 2.53. The molecule has 4 nitrogen and oxygen atoms in total. The second-order valence-corrected chi connectivity index (χ2v) is 6.50. The largest absolute Gasteiger partial charge is 0.379 e. The molecule has 1 fully saturated rings. The minimum atomic E-state index is -1.25. The predicted octanol–water partition coefficient (Wildman–Crippen LogP) is 2.09. The van der Waals surface area contributed by atoms with Crippen LogP contribution in [0.2, 0.25) is 0 Å². The van der Waals surface area contributed by atoms with Crippen LogP contribution in [0.1, 0.15) is 24.8 Å². The number of amides is 1. The Hall–Kier alpha value is -1.65. The van der Waals surface area contributed by atoms with E-state index in [2.05, 4.69) is 18.7 Å². The van der Waals surface area contributed by atoms with Gasteiger partial charge in [0.05, 0.1) is 0 Å². The lowest BCUT2D eigenvalue weighted by atomic mass is 9.91. The summed E-state index contributed by atoms with van der Waals surface area (Å²) in [5.74, 6) is -0.118. The normalized spacial score (nSPS) is 21.7. The molecule has 1 aliphatic rings. The summed E-state index contributed by atoms with van der Waals surface area (Å²) in [6.45, 7) is 6.20. The Balaban J connectivity index is 1.87. The highest BCUT2D eigenvalue weighted by Gasteiger charge is 2.42. The van der Waals surface area contributed by atoms with Crippen molar-refractivity contribution in [2.24, 2.45) is 0 Å². The molecule has 1 amide bonds. The second-order valence-electron chi connectivity index (χ2n) is 6.50. The van der Waals surface area contributed by atoms with Crippen LogP contribution < -0.4 is 0 Å². The van der Waals surface area contributed by atoms with Crippen LogP contribution in [0.25, 0.3) is 0 Å². The number of likely N-dealkylation sites (N-methyl/N-ethyl adjacent to an activating group) is 1. The van der Waals surface area contributed by atoms with E-state index in [1.165, 1.54) is 5.56 Å². The average molecular weight is 316 g/mol. The monoisotopic (exact) mass is 316 g/mol. The van der Waals surface area contributed by atoms with Gasteiger partial charge in [0.25, 0.3) is 5.91 Å². The Morgan fingerprint density at radius 2 is 2.13 bits per heavy atom. The summed E-state index contributed by atoms with van der Waals surface area (Å²) >= 11 is 0. The van der Waals surface area contributed by atoms with Gasteiger partial charge in [-0.05, 0) is 38.3 Å². The van der Waals surface area contributed by atoms with Crippen molar-refractivity contribution in [2.75, 3.05) is 33.2 Å². The van der Waals surface area contributed by atoms with Gasteiger partial charge in [-0.1, -0.05) is 36.4 Å². The molecule has 0 saturated carbocycles. The molecule has 0 unspecified atom stereocenters. The van der Waals surface area contributed by atoms with Crippen molar-refractivity contribution >= 4 is 5.91 Å². The van der Waals surface area contributed by atoms with Crippen molar-refractivity contribution < 1.29 is 9.90 Å². The predicted molar refractivity (Wildman–Crippen MR) is 93.2 cm³/mol. The summed E-state index contributed by atoms with van der Waals surface area (Å²) in [5, 5.41) is 10.8. The highest BCUT2D eigenvalue weighted by molar-refractivity contribution is 5.86. The van der Waals surface area contributed by atoms with E-state index < -0.39 is 5.60 Å². The van der Waals surface area contributed by atoms with Crippen LogP contribution in [0.5, 0.6) is 0 Å². The van der Waals surface area contributed by atoms with E-state index in [-0.39, 0.29) is 5.91 Å². The summed E-state index contributed by atoms with van der Waals surface area (Å²) in [6.07, 6.45) is 5.07. The third-order valence-corrected chi connectivity index (χ3v) is 4.41. The molecule has 2 rings (SSSR count). The molecule has 0 spiro atoms. The van der Waals surface area contributed by atoms with Crippen LogP contribution in [0.3, 0.4) is 0 Å².